The van der Waals surface area contributed by atoms with Crippen molar-refractivity contribution in [2.24, 2.45) is 11.3 Å². The average molecular weight is 254 g/mol. The van der Waals surface area contributed by atoms with Crippen LogP contribution in [0.5, 0.6) is 0 Å². The number of hydrogen-bond acceptors (Lipinski definition) is 3. The molecule has 3 unspecified atom stereocenters. The summed E-state index contributed by atoms with van der Waals surface area (Å²) in [7, 11) is 0. The molecule has 4 heteroatoms. The zero-order valence-corrected chi connectivity index (χ0v) is 10.7. The van der Waals surface area contributed by atoms with Gasteiger partial charge >= 0.3 is 5.97 Å². The molecule has 2 N–H and O–H groups in total. The van der Waals surface area contributed by atoms with Gasteiger partial charge in [0.2, 0.25) is 0 Å². The second-order valence-electron chi connectivity index (χ2n) is 6.42. The second kappa shape index (κ2) is 4.49. The highest BCUT2D eigenvalue weighted by atomic mass is 16.6. The number of rotatable bonds is 3. The summed E-state index contributed by atoms with van der Waals surface area (Å²) in [5.41, 5.74) is -0.551. The van der Waals surface area contributed by atoms with Gasteiger partial charge in [-0.25, -0.2) is 0 Å². The maximum atomic E-state index is 11.7. The van der Waals surface area contributed by atoms with Crippen molar-refractivity contribution in [1.29, 1.82) is 0 Å². The highest BCUT2D eigenvalue weighted by Gasteiger charge is 2.54. The van der Waals surface area contributed by atoms with Crippen LogP contribution >= 0.6 is 0 Å². The Morgan fingerprint density at radius 2 is 1.89 bits per heavy atom. The van der Waals surface area contributed by atoms with Gasteiger partial charge in [-0.15, -0.1) is 0 Å². The Hall–Kier alpha value is -0.610. The van der Waals surface area contributed by atoms with E-state index in [9.17, 15) is 15.0 Å². The molecule has 0 aromatic rings. The standard InChI is InChI=1S/C14H22O4/c15-10-3-1-9(2-4-10)7-14(13(16)17)6-5-11-12(8-14)18-11/h9-12,15H,1-8H2,(H,16,17). The first-order chi connectivity index (χ1) is 8.59. The zero-order valence-electron chi connectivity index (χ0n) is 10.7. The lowest BCUT2D eigenvalue weighted by Gasteiger charge is -2.36. The van der Waals surface area contributed by atoms with Gasteiger partial charge < -0.3 is 14.9 Å². The Morgan fingerprint density at radius 1 is 1.17 bits per heavy atom. The third kappa shape index (κ3) is 2.28. The van der Waals surface area contributed by atoms with Crippen molar-refractivity contribution >= 4 is 5.97 Å². The molecule has 102 valence electrons. The van der Waals surface area contributed by atoms with Gasteiger partial charge in [0, 0.05) is 0 Å². The quantitative estimate of drug-likeness (QED) is 0.755. The monoisotopic (exact) mass is 254 g/mol. The Morgan fingerprint density at radius 3 is 2.50 bits per heavy atom. The largest absolute Gasteiger partial charge is 0.481 e. The molecule has 1 saturated heterocycles. The molecule has 3 atom stereocenters. The van der Waals surface area contributed by atoms with E-state index in [0.29, 0.717) is 18.4 Å². The fourth-order valence-corrected chi connectivity index (χ4v) is 3.89. The molecule has 0 radical (unpaired) electrons. The maximum absolute atomic E-state index is 11.7. The van der Waals surface area contributed by atoms with Gasteiger partial charge in [-0.1, -0.05) is 0 Å². The molecule has 0 aromatic carbocycles. The molecular formula is C14H22O4. The lowest BCUT2D eigenvalue weighted by molar-refractivity contribution is -0.152. The highest BCUT2D eigenvalue weighted by Crippen LogP contribution is 2.50. The van der Waals surface area contributed by atoms with E-state index in [1.807, 2.05) is 0 Å². The molecule has 1 aliphatic heterocycles. The normalized spacial score (nSPS) is 47.4. The summed E-state index contributed by atoms with van der Waals surface area (Å²) >= 11 is 0. The van der Waals surface area contributed by atoms with Crippen LogP contribution in [-0.4, -0.2) is 34.5 Å². The van der Waals surface area contributed by atoms with Gasteiger partial charge in [0.1, 0.15) is 0 Å². The first kappa shape index (κ1) is 12.4. The predicted octanol–water partition coefficient (Wildman–Crippen LogP) is 1.95. The number of aliphatic hydroxyl groups is 1. The summed E-state index contributed by atoms with van der Waals surface area (Å²) in [4.78, 5) is 11.7. The van der Waals surface area contributed by atoms with Gasteiger partial charge in [0.25, 0.3) is 0 Å². The summed E-state index contributed by atoms with van der Waals surface area (Å²) in [5.74, 6) is -0.164. The summed E-state index contributed by atoms with van der Waals surface area (Å²) in [6, 6.07) is 0. The van der Waals surface area contributed by atoms with Crippen molar-refractivity contribution in [3.05, 3.63) is 0 Å². The first-order valence-electron chi connectivity index (χ1n) is 7.16. The smallest absolute Gasteiger partial charge is 0.309 e. The van der Waals surface area contributed by atoms with E-state index in [-0.39, 0.29) is 12.2 Å². The van der Waals surface area contributed by atoms with E-state index in [2.05, 4.69) is 0 Å². The fraction of sp³-hybridized carbons (Fsp3) is 0.929. The summed E-state index contributed by atoms with van der Waals surface area (Å²) in [5, 5.41) is 19.1. The maximum Gasteiger partial charge on any atom is 0.309 e. The molecule has 2 aliphatic carbocycles. The molecule has 0 spiro atoms. The van der Waals surface area contributed by atoms with Gasteiger partial charge in [-0.05, 0) is 57.3 Å². The Kier molecular flexibility index (Phi) is 3.10. The van der Waals surface area contributed by atoms with Crippen LogP contribution in [0, 0.1) is 11.3 Å². The summed E-state index contributed by atoms with van der Waals surface area (Å²) < 4.78 is 5.49. The Balaban J connectivity index is 1.65. The minimum atomic E-state index is -0.637. The van der Waals surface area contributed by atoms with E-state index >= 15 is 0 Å². The number of ether oxygens (including phenoxy) is 1. The first-order valence-corrected chi connectivity index (χ1v) is 7.16. The minimum Gasteiger partial charge on any atom is -0.481 e. The van der Waals surface area contributed by atoms with E-state index in [1.165, 1.54) is 0 Å². The molecule has 3 aliphatic rings. The van der Waals surface area contributed by atoms with Crippen molar-refractivity contribution < 1.29 is 19.7 Å². The van der Waals surface area contributed by atoms with Crippen LogP contribution in [-0.2, 0) is 9.53 Å². The molecule has 0 aromatic heterocycles. The van der Waals surface area contributed by atoms with Gasteiger partial charge in [-0.2, -0.15) is 0 Å². The molecule has 1 heterocycles. The zero-order chi connectivity index (χ0) is 12.8. The number of hydrogen-bond donors (Lipinski definition) is 2. The van der Waals surface area contributed by atoms with Crippen LogP contribution in [0.15, 0.2) is 0 Å². The summed E-state index contributed by atoms with van der Waals surface area (Å²) in [6.45, 7) is 0. The fourth-order valence-electron chi connectivity index (χ4n) is 3.89. The number of fused-ring (bicyclic) bond motifs is 1. The Labute approximate surface area is 107 Å². The van der Waals surface area contributed by atoms with Crippen molar-refractivity contribution in [3.63, 3.8) is 0 Å². The molecule has 3 rings (SSSR count). The lowest BCUT2D eigenvalue weighted by Crippen LogP contribution is -2.38. The Bertz CT molecular complexity index is 335. The van der Waals surface area contributed by atoms with E-state index in [4.69, 9.17) is 4.74 Å². The number of epoxide rings is 1. The SMILES string of the molecule is O=C(O)C1(CC2CCC(O)CC2)CCC2OC2C1. The second-order valence-corrected chi connectivity index (χ2v) is 6.42. The number of aliphatic hydroxyl groups excluding tert-OH is 1. The number of carboxylic acids is 1. The predicted molar refractivity (Wildman–Crippen MR) is 65.2 cm³/mol. The topological polar surface area (TPSA) is 70.1 Å². The number of aliphatic carboxylic acids is 1. The molecule has 0 bridgehead atoms. The van der Waals surface area contributed by atoms with E-state index in [1.54, 1.807) is 0 Å². The molecule has 0 amide bonds. The highest BCUT2D eigenvalue weighted by molar-refractivity contribution is 5.75. The van der Waals surface area contributed by atoms with Crippen molar-refractivity contribution in [2.45, 2.75) is 69.7 Å². The van der Waals surface area contributed by atoms with Crippen molar-refractivity contribution in [1.82, 2.24) is 0 Å². The van der Waals surface area contributed by atoms with Gasteiger partial charge in [0.05, 0.1) is 23.7 Å². The molecule has 3 fully saturated rings. The molecule has 4 nitrogen and oxygen atoms in total. The van der Waals surface area contributed by atoms with Crippen LogP contribution < -0.4 is 0 Å². The van der Waals surface area contributed by atoms with Crippen LogP contribution in [0.2, 0.25) is 0 Å². The van der Waals surface area contributed by atoms with Crippen molar-refractivity contribution in [3.8, 4) is 0 Å². The van der Waals surface area contributed by atoms with Crippen LogP contribution in [0.25, 0.3) is 0 Å². The lowest BCUT2D eigenvalue weighted by atomic mass is 9.66. The number of carboxylic acid groups (broad SMARTS) is 1. The molecule has 2 saturated carbocycles. The average Bonchev–Trinajstić information content (AvgIpc) is 3.10. The van der Waals surface area contributed by atoms with Crippen LogP contribution in [0.3, 0.4) is 0 Å². The van der Waals surface area contributed by atoms with Crippen LogP contribution in [0.1, 0.15) is 51.4 Å². The van der Waals surface area contributed by atoms with Crippen LogP contribution in [0.4, 0.5) is 0 Å². The molecule has 18 heavy (non-hydrogen) atoms. The van der Waals surface area contributed by atoms with Gasteiger partial charge in [0.15, 0.2) is 0 Å². The molecular weight excluding hydrogens is 232 g/mol. The minimum absolute atomic E-state index is 0.162. The van der Waals surface area contributed by atoms with Gasteiger partial charge in [-0.3, -0.25) is 4.79 Å². The third-order valence-electron chi connectivity index (χ3n) is 5.14. The third-order valence-corrected chi connectivity index (χ3v) is 5.14. The van der Waals surface area contributed by atoms with E-state index < -0.39 is 11.4 Å². The number of carbonyl (C=O) groups is 1. The van der Waals surface area contributed by atoms with Crippen molar-refractivity contribution in [2.75, 3.05) is 0 Å². The summed E-state index contributed by atoms with van der Waals surface area (Å²) in [6.07, 6.45) is 7.18. The van der Waals surface area contributed by atoms with E-state index in [0.717, 1.165) is 44.9 Å².